The van der Waals surface area contributed by atoms with Crippen molar-refractivity contribution in [1.82, 2.24) is 9.62 Å². The number of carbonyl (C=O) groups excluding carboxylic acids is 1. The van der Waals surface area contributed by atoms with Gasteiger partial charge in [0, 0.05) is 26.2 Å². The normalized spacial score (nSPS) is 11.1. The Kier molecular flexibility index (Phi) is 4.22. The molecule has 1 N–H and O–H groups in total. The molecule has 0 saturated heterocycles. The van der Waals surface area contributed by atoms with Crippen molar-refractivity contribution in [3.63, 3.8) is 0 Å². The molecule has 1 aromatic rings. The van der Waals surface area contributed by atoms with E-state index < -0.39 is 31.4 Å². The highest BCUT2D eigenvalue weighted by molar-refractivity contribution is 7.89. The number of hydrogen-bond acceptors (Lipinski definition) is 5. The van der Waals surface area contributed by atoms with E-state index in [2.05, 4.69) is 0 Å². The van der Waals surface area contributed by atoms with E-state index in [0.717, 1.165) is 25.2 Å². The number of benzene rings is 1. The Morgan fingerprint density at radius 2 is 1.95 bits per heavy atom. The number of rotatable bonds is 4. The summed E-state index contributed by atoms with van der Waals surface area (Å²) in [5.41, 5.74) is -0.519. The molecule has 0 aliphatic rings. The summed E-state index contributed by atoms with van der Waals surface area (Å²) in [6.07, 6.45) is 0. The monoisotopic (exact) mass is 287 g/mol. The number of amides is 1. The van der Waals surface area contributed by atoms with Gasteiger partial charge in [-0.25, -0.2) is 13.1 Å². The van der Waals surface area contributed by atoms with Gasteiger partial charge < -0.3 is 4.90 Å². The van der Waals surface area contributed by atoms with E-state index in [1.807, 2.05) is 4.72 Å². The lowest BCUT2D eigenvalue weighted by molar-refractivity contribution is -0.385. The van der Waals surface area contributed by atoms with Crippen LogP contribution in [0.4, 0.5) is 5.69 Å². The Labute approximate surface area is 110 Å². The lowest BCUT2D eigenvalue weighted by Gasteiger charge is -2.13. The maximum absolute atomic E-state index is 11.9. The molecule has 1 amide bonds. The fourth-order valence-corrected chi connectivity index (χ4v) is 2.32. The van der Waals surface area contributed by atoms with Crippen LogP contribution in [-0.2, 0) is 10.0 Å². The number of hydrogen-bond donors (Lipinski definition) is 1. The van der Waals surface area contributed by atoms with Gasteiger partial charge in [0.15, 0.2) is 0 Å². The molecule has 0 unspecified atom stereocenters. The average Bonchev–Trinajstić information content (AvgIpc) is 2.36. The summed E-state index contributed by atoms with van der Waals surface area (Å²) in [5, 5.41) is 10.7. The first-order chi connectivity index (χ1) is 8.70. The highest BCUT2D eigenvalue weighted by Crippen LogP contribution is 2.23. The van der Waals surface area contributed by atoms with E-state index >= 15 is 0 Å². The van der Waals surface area contributed by atoms with E-state index in [1.165, 1.54) is 19.0 Å². The van der Waals surface area contributed by atoms with Crippen LogP contribution in [-0.4, -0.2) is 45.3 Å². The fraction of sp³-hybridized carbons (Fsp3) is 0.300. The molecule has 0 aromatic heterocycles. The lowest BCUT2D eigenvalue weighted by Crippen LogP contribution is -2.27. The van der Waals surface area contributed by atoms with Gasteiger partial charge in [-0.05, 0) is 13.1 Å². The van der Waals surface area contributed by atoms with Crippen LogP contribution in [0.2, 0.25) is 0 Å². The Hall–Kier alpha value is -2.00. The van der Waals surface area contributed by atoms with Crippen LogP contribution < -0.4 is 4.72 Å². The average molecular weight is 287 g/mol. The second-order valence-corrected chi connectivity index (χ2v) is 5.70. The molecule has 9 heteroatoms. The maximum Gasteiger partial charge on any atom is 0.270 e. The molecule has 1 rings (SSSR count). The summed E-state index contributed by atoms with van der Waals surface area (Å²) < 4.78 is 25.7. The highest BCUT2D eigenvalue weighted by Gasteiger charge is 2.25. The number of nitro groups is 1. The van der Waals surface area contributed by atoms with Gasteiger partial charge in [0.25, 0.3) is 11.6 Å². The molecule has 1 aromatic carbocycles. The molecule has 19 heavy (non-hydrogen) atoms. The molecule has 8 nitrogen and oxygen atoms in total. The van der Waals surface area contributed by atoms with Crippen LogP contribution in [0.1, 0.15) is 10.4 Å². The number of nitrogens with one attached hydrogen (secondary N) is 1. The number of non-ortho nitro benzene ring substituents is 1. The number of nitro benzene ring substituents is 1. The first kappa shape index (κ1) is 15.1. The highest BCUT2D eigenvalue weighted by atomic mass is 32.2. The second-order valence-electron chi connectivity index (χ2n) is 3.84. The zero-order chi connectivity index (χ0) is 14.8. The first-order valence-corrected chi connectivity index (χ1v) is 6.62. The third-order valence-electron chi connectivity index (χ3n) is 2.37. The van der Waals surface area contributed by atoms with E-state index in [1.54, 1.807) is 0 Å². The molecule has 104 valence electrons. The van der Waals surface area contributed by atoms with E-state index in [-0.39, 0.29) is 5.56 Å². The van der Waals surface area contributed by atoms with Crippen molar-refractivity contribution in [2.45, 2.75) is 4.90 Å². The summed E-state index contributed by atoms with van der Waals surface area (Å²) in [4.78, 5) is 22.6. The Bertz CT molecular complexity index is 624. The lowest BCUT2D eigenvalue weighted by atomic mass is 10.2. The summed E-state index contributed by atoms with van der Waals surface area (Å²) in [6.45, 7) is 0. The molecular weight excluding hydrogens is 274 g/mol. The van der Waals surface area contributed by atoms with Crippen molar-refractivity contribution in [1.29, 1.82) is 0 Å². The zero-order valence-corrected chi connectivity index (χ0v) is 11.4. The van der Waals surface area contributed by atoms with Gasteiger partial charge in [-0.3, -0.25) is 14.9 Å². The van der Waals surface area contributed by atoms with Crippen molar-refractivity contribution >= 4 is 21.6 Å². The van der Waals surface area contributed by atoms with Crippen molar-refractivity contribution in [3.05, 3.63) is 33.9 Å². The van der Waals surface area contributed by atoms with Crippen molar-refractivity contribution < 1.29 is 18.1 Å². The van der Waals surface area contributed by atoms with Crippen LogP contribution >= 0.6 is 0 Å². The third-order valence-corrected chi connectivity index (χ3v) is 3.83. The first-order valence-electron chi connectivity index (χ1n) is 5.14. The van der Waals surface area contributed by atoms with Crippen LogP contribution in [0.3, 0.4) is 0 Å². The van der Waals surface area contributed by atoms with Crippen LogP contribution in [0, 0.1) is 10.1 Å². The summed E-state index contributed by atoms with van der Waals surface area (Å²) >= 11 is 0. The Morgan fingerprint density at radius 1 is 1.37 bits per heavy atom. The van der Waals surface area contributed by atoms with Crippen LogP contribution in [0.15, 0.2) is 23.1 Å². The minimum absolute atomic E-state index is 0.120. The van der Waals surface area contributed by atoms with Gasteiger partial charge in [0.1, 0.15) is 4.90 Å². The number of carbonyl (C=O) groups is 1. The minimum Gasteiger partial charge on any atom is -0.345 e. The molecule has 0 fully saturated rings. The van der Waals surface area contributed by atoms with Crippen molar-refractivity contribution in [3.8, 4) is 0 Å². The Morgan fingerprint density at radius 3 is 2.37 bits per heavy atom. The molecule has 0 heterocycles. The summed E-state index contributed by atoms with van der Waals surface area (Å²) in [5.74, 6) is -0.552. The van der Waals surface area contributed by atoms with Gasteiger partial charge >= 0.3 is 0 Å². The predicted molar refractivity (Wildman–Crippen MR) is 67.4 cm³/mol. The van der Waals surface area contributed by atoms with E-state index in [4.69, 9.17) is 0 Å². The van der Waals surface area contributed by atoms with Gasteiger partial charge in [0.05, 0.1) is 10.5 Å². The molecule has 0 aliphatic carbocycles. The predicted octanol–water partition coefficient (Wildman–Crippen LogP) is 0.205. The molecule has 0 bridgehead atoms. The molecule has 0 spiro atoms. The van der Waals surface area contributed by atoms with Crippen LogP contribution in [0.5, 0.6) is 0 Å². The van der Waals surface area contributed by atoms with Crippen molar-refractivity contribution in [2.75, 3.05) is 21.1 Å². The van der Waals surface area contributed by atoms with Gasteiger partial charge in [-0.15, -0.1) is 0 Å². The molecular formula is C10H13N3O5S. The van der Waals surface area contributed by atoms with Crippen LogP contribution in [0.25, 0.3) is 0 Å². The number of sulfonamides is 1. The minimum atomic E-state index is -3.97. The second kappa shape index (κ2) is 5.33. The topological polar surface area (TPSA) is 110 Å². The summed E-state index contributed by atoms with van der Waals surface area (Å²) in [7, 11) is 0.115. The number of nitrogens with zero attached hydrogens (tertiary/aromatic N) is 2. The summed E-state index contributed by atoms with van der Waals surface area (Å²) in [6, 6.07) is 3.08. The van der Waals surface area contributed by atoms with Crippen molar-refractivity contribution in [2.24, 2.45) is 0 Å². The largest absolute Gasteiger partial charge is 0.345 e. The van der Waals surface area contributed by atoms with Gasteiger partial charge in [-0.1, -0.05) is 0 Å². The molecule has 0 atom stereocenters. The third kappa shape index (κ3) is 3.06. The van der Waals surface area contributed by atoms with Gasteiger partial charge in [0.2, 0.25) is 10.0 Å². The molecule has 0 radical (unpaired) electrons. The maximum atomic E-state index is 11.9. The quantitative estimate of drug-likeness (QED) is 0.628. The van der Waals surface area contributed by atoms with Gasteiger partial charge in [-0.2, -0.15) is 0 Å². The smallest absolute Gasteiger partial charge is 0.270 e. The van der Waals surface area contributed by atoms with E-state index in [0.29, 0.717) is 0 Å². The standard InChI is InChI=1S/C10H13N3O5S/c1-11-19(17,18)9-6-7(13(15)16)4-5-8(9)10(14)12(2)3/h4-6,11H,1-3H3. The van der Waals surface area contributed by atoms with E-state index in [9.17, 15) is 23.3 Å². The molecule has 0 saturated carbocycles. The Balaban J connectivity index is 3.57. The molecule has 0 aliphatic heterocycles. The fourth-order valence-electron chi connectivity index (χ4n) is 1.37. The SMILES string of the molecule is CNS(=O)(=O)c1cc([N+](=O)[O-])ccc1C(=O)N(C)C. The zero-order valence-electron chi connectivity index (χ0n) is 10.6.